The third-order valence-electron chi connectivity index (χ3n) is 3.27. The van der Waals surface area contributed by atoms with E-state index in [9.17, 15) is 4.39 Å². The van der Waals surface area contributed by atoms with E-state index in [1.165, 1.54) is 12.1 Å². The quantitative estimate of drug-likeness (QED) is 0.839. The number of nitrogens with two attached hydrogens (primary N) is 1. The lowest BCUT2D eigenvalue weighted by Crippen LogP contribution is -2.22. The summed E-state index contributed by atoms with van der Waals surface area (Å²) in [7, 11) is 0. The van der Waals surface area contributed by atoms with Crippen LogP contribution in [0.15, 0.2) is 42.5 Å². The van der Waals surface area contributed by atoms with Crippen molar-refractivity contribution in [3.05, 3.63) is 64.4 Å². The normalized spacial score (nSPS) is 10.4. The summed E-state index contributed by atoms with van der Waals surface area (Å²) in [6.07, 6.45) is 0. The highest BCUT2D eigenvalue weighted by Crippen LogP contribution is 2.23. The molecule has 2 rings (SSSR count). The van der Waals surface area contributed by atoms with Crippen LogP contribution in [0.5, 0.6) is 0 Å². The Hall–Kier alpha value is -1.65. The van der Waals surface area contributed by atoms with Crippen LogP contribution in [0, 0.1) is 5.82 Å². The topological polar surface area (TPSA) is 29.3 Å². The first-order valence-electron chi connectivity index (χ1n) is 6.60. The minimum Gasteiger partial charge on any atom is -0.389 e. The van der Waals surface area contributed by atoms with Crippen LogP contribution in [0.1, 0.15) is 18.1 Å². The molecule has 2 N–H and O–H groups in total. The molecule has 0 spiro atoms. The van der Waals surface area contributed by atoms with E-state index < -0.39 is 0 Å². The summed E-state index contributed by atoms with van der Waals surface area (Å²) >= 11 is 11.2. The van der Waals surface area contributed by atoms with Gasteiger partial charge in [-0.1, -0.05) is 36.0 Å². The first-order chi connectivity index (χ1) is 10.0. The van der Waals surface area contributed by atoms with Crippen molar-refractivity contribution in [1.82, 2.24) is 0 Å². The fourth-order valence-corrected chi connectivity index (χ4v) is 2.44. The summed E-state index contributed by atoms with van der Waals surface area (Å²) in [6.45, 7) is 3.47. The van der Waals surface area contributed by atoms with E-state index >= 15 is 0 Å². The predicted octanol–water partition coefficient (Wildman–Crippen LogP) is 4.14. The third-order valence-corrected chi connectivity index (χ3v) is 3.86. The maximum absolute atomic E-state index is 13.0. The van der Waals surface area contributed by atoms with Crippen molar-refractivity contribution in [2.24, 2.45) is 5.73 Å². The standard InChI is InChI=1S/C16H16ClFN2S/c1-2-20(14-7-5-13(18)6-8-14)10-12-4-3-11(16(19)21)9-15(12)17/h3-9H,2,10H2,1H3,(H2,19,21). The molecule has 0 bridgehead atoms. The molecule has 0 atom stereocenters. The molecule has 0 aliphatic heterocycles. The Bertz CT molecular complexity index is 643. The molecule has 0 saturated heterocycles. The van der Waals surface area contributed by atoms with Crippen molar-refractivity contribution in [3.63, 3.8) is 0 Å². The highest BCUT2D eigenvalue weighted by Gasteiger charge is 2.09. The summed E-state index contributed by atoms with van der Waals surface area (Å²) in [5.41, 5.74) is 8.27. The van der Waals surface area contributed by atoms with Crippen molar-refractivity contribution in [2.45, 2.75) is 13.5 Å². The SMILES string of the molecule is CCN(Cc1ccc(C(N)=S)cc1Cl)c1ccc(F)cc1. The molecule has 0 aliphatic rings. The molecule has 0 fully saturated rings. The first kappa shape index (κ1) is 15.7. The molecule has 5 heteroatoms. The van der Waals surface area contributed by atoms with E-state index in [-0.39, 0.29) is 5.82 Å². The van der Waals surface area contributed by atoms with Gasteiger partial charge in [0.05, 0.1) is 0 Å². The van der Waals surface area contributed by atoms with Gasteiger partial charge < -0.3 is 10.6 Å². The lowest BCUT2D eigenvalue weighted by molar-refractivity contribution is 0.627. The Morgan fingerprint density at radius 3 is 2.43 bits per heavy atom. The van der Waals surface area contributed by atoms with E-state index in [2.05, 4.69) is 4.90 Å². The first-order valence-corrected chi connectivity index (χ1v) is 7.38. The number of thiocarbonyl (C=S) groups is 1. The van der Waals surface area contributed by atoms with Crippen LogP contribution in [0.3, 0.4) is 0 Å². The van der Waals surface area contributed by atoms with Crippen LogP contribution in [-0.4, -0.2) is 11.5 Å². The molecule has 0 unspecified atom stereocenters. The molecule has 0 radical (unpaired) electrons. The van der Waals surface area contributed by atoms with E-state index in [4.69, 9.17) is 29.6 Å². The number of rotatable bonds is 5. The van der Waals surface area contributed by atoms with Gasteiger partial charge in [0.2, 0.25) is 0 Å². The Morgan fingerprint density at radius 1 is 1.24 bits per heavy atom. The van der Waals surface area contributed by atoms with Crippen LogP contribution in [0.4, 0.5) is 10.1 Å². The molecule has 2 aromatic rings. The summed E-state index contributed by atoms with van der Waals surface area (Å²) in [5.74, 6) is -0.242. The average molecular weight is 323 g/mol. The molecule has 2 aromatic carbocycles. The zero-order chi connectivity index (χ0) is 15.4. The van der Waals surface area contributed by atoms with Gasteiger partial charge in [0.1, 0.15) is 10.8 Å². The van der Waals surface area contributed by atoms with E-state index in [0.29, 0.717) is 16.6 Å². The predicted molar refractivity (Wildman–Crippen MR) is 90.5 cm³/mol. The zero-order valence-corrected chi connectivity index (χ0v) is 13.2. The fourth-order valence-electron chi connectivity index (χ4n) is 2.07. The monoisotopic (exact) mass is 322 g/mol. The molecule has 0 amide bonds. The van der Waals surface area contributed by atoms with E-state index in [1.807, 2.05) is 19.1 Å². The zero-order valence-electron chi connectivity index (χ0n) is 11.6. The Balaban J connectivity index is 2.22. The minimum absolute atomic E-state index is 0.242. The van der Waals surface area contributed by atoms with Crippen molar-refractivity contribution in [1.29, 1.82) is 0 Å². The van der Waals surface area contributed by atoms with Crippen molar-refractivity contribution >= 4 is 34.5 Å². The second-order valence-corrected chi connectivity index (χ2v) is 5.51. The molecule has 0 heterocycles. The van der Waals surface area contributed by atoms with Gasteiger partial charge >= 0.3 is 0 Å². The van der Waals surface area contributed by atoms with E-state index in [1.54, 1.807) is 18.2 Å². The fraction of sp³-hybridized carbons (Fsp3) is 0.188. The smallest absolute Gasteiger partial charge is 0.123 e. The van der Waals surface area contributed by atoms with Gasteiger partial charge in [0.15, 0.2) is 0 Å². The largest absolute Gasteiger partial charge is 0.389 e. The number of benzene rings is 2. The molecule has 0 saturated carbocycles. The number of hydrogen-bond acceptors (Lipinski definition) is 2. The highest BCUT2D eigenvalue weighted by molar-refractivity contribution is 7.80. The second-order valence-electron chi connectivity index (χ2n) is 4.66. The molecule has 2 nitrogen and oxygen atoms in total. The number of nitrogens with zero attached hydrogens (tertiary/aromatic N) is 1. The third kappa shape index (κ3) is 3.93. The van der Waals surface area contributed by atoms with Gasteiger partial charge in [-0.15, -0.1) is 0 Å². The van der Waals surface area contributed by atoms with Gasteiger partial charge in [-0.25, -0.2) is 4.39 Å². The van der Waals surface area contributed by atoms with Gasteiger partial charge in [0, 0.05) is 29.4 Å². The molecule has 21 heavy (non-hydrogen) atoms. The van der Waals surface area contributed by atoms with Crippen LogP contribution < -0.4 is 10.6 Å². The summed E-state index contributed by atoms with van der Waals surface area (Å²) in [5, 5.41) is 0.626. The van der Waals surface area contributed by atoms with Crippen LogP contribution >= 0.6 is 23.8 Å². The van der Waals surface area contributed by atoms with Crippen LogP contribution in [0.25, 0.3) is 0 Å². The van der Waals surface area contributed by atoms with Gasteiger partial charge in [-0.05, 0) is 42.8 Å². The molecule has 0 aliphatic carbocycles. The van der Waals surface area contributed by atoms with Crippen molar-refractivity contribution in [3.8, 4) is 0 Å². The Labute approximate surface area is 134 Å². The van der Waals surface area contributed by atoms with E-state index in [0.717, 1.165) is 23.4 Å². The minimum atomic E-state index is -0.242. The maximum atomic E-state index is 13.0. The molecular formula is C16H16ClFN2S. The van der Waals surface area contributed by atoms with Gasteiger partial charge in [0.25, 0.3) is 0 Å². The molecule has 0 aromatic heterocycles. The summed E-state index contributed by atoms with van der Waals surface area (Å²) in [4.78, 5) is 2.44. The summed E-state index contributed by atoms with van der Waals surface area (Å²) < 4.78 is 13.0. The van der Waals surface area contributed by atoms with Gasteiger partial charge in [-0.2, -0.15) is 0 Å². The number of halogens is 2. The Morgan fingerprint density at radius 2 is 1.90 bits per heavy atom. The Kier molecular flexibility index (Phi) is 5.15. The van der Waals surface area contributed by atoms with Crippen LogP contribution in [0.2, 0.25) is 5.02 Å². The molecular weight excluding hydrogens is 307 g/mol. The average Bonchev–Trinajstić information content (AvgIpc) is 2.47. The lowest BCUT2D eigenvalue weighted by Gasteiger charge is -2.24. The maximum Gasteiger partial charge on any atom is 0.123 e. The van der Waals surface area contributed by atoms with Crippen molar-refractivity contribution < 1.29 is 4.39 Å². The van der Waals surface area contributed by atoms with Crippen molar-refractivity contribution in [2.75, 3.05) is 11.4 Å². The molecule has 110 valence electrons. The second kappa shape index (κ2) is 6.87. The van der Waals surface area contributed by atoms with Gasteiger partial charge in [-0.3, -0.25) is 0 Å². The summed E-state index contributed by atoms with van der Waals surface area (Å²) in [6, 6.07) is 12.0. The lowest BCUT2D eigenvalue weighted by atomic mass is 10.1. The number of hydrogen-bond donors (Lipinski definition) is 1. The highest BCUT2D eigenvalue weighted by atomic mass is 35.5. The number of anilines is 1. The van der Waals surface area contributed by atoms with Crippen LogP contribution in [-0.2, 0) is 6.54 Å².